The predicted octanol–water partition coefficient (Wildman–Crippen LogP) is 4.61. The third kappa shape index (κ3) is 3.70. The molecule has 1 aliphatic heterocycles. The highest BCUT2D eigenvalue weighted by Crippen LogP contribution is 2.37. The molecule has 0 fully saturated rings. The van der Waals surface area contributed by atoms with Crippen LogP contribution in [-0.2, 0) is 6.42 Å². The normalized spacial score (nSPS) is 16.4. The maximum absolute atomic E-state index is 14.6. The van der Waals surface area contributed by atoms with Gasteiger partial charge in [-0.2, -0.15) is 5.10 Å². The van der Waals surface area contributed by atoms with Crippen molar-refractivity contribution in [2.75, 3.05) is 6.54 Å². The molecular weight excluding hydrogens is 564 g/mol. The lowest BCUT2D eigenvalue weighted by Gasteiger charge is -2.33. The van der Waals surface area contributed by atoms with Crippen LogP contribution >= 0.6 is 22.6 Å². The Morgan fingerprint density at radius 3 is 2.94 bits per heavy atom. The number of oxazole rings is 1. The number of rotatable bonds is 4. The van der Waals surface area contributed by atoms with Gasteiger partial charge >= 0.3 is 0 Å². The summed E-state index contributed by atoms with van der Waals surface area (Å²) in [6, 6.07) is 10.5. The molecule has 35 heavy (non-hydrogen) atoms. The van der Waals surface area contributed by atoms with Gasteiger partial charge in [0.2, 0.25) is 11.7 Å². The lowest BCUT2D eigenvalue weighted by molar-refractivity contribution is 0.0652. The zero-order chi connectivity index (χ0) is 24.1. The molecule has 0 aliphatic carbocycles. The standard InChI is InChI=1S/C24H19FIN7O2/c1-13-5-4-9-33-17(13)11-16(31-33)20-18-14(28-12-29-18)7-10-32(20)24(34)21-19(22(25)26)30-23(35-21)15-6-2-3-8-27-15/h2-6,8-9,11-12,20,22H,7,10H2,1H3,(H,28,29)/t20-,22?/m1/s1. The Bertz CT molecular complexity index is 1540. The quantitative estimate of drug-likeness (QED) is 0.245. The van der Waals surface area contributed by atoms with E-state index in [1.165, 1.54) is 0 Å². The molecule has 1 aliphatic rings. The second-order valence-electron chi connectivity index (χ2n) is 8.26. The van der Waals surface area contributed by atoms with Crippen molar-refractivity contribution in [3.8, 4) is 11.6 Å². The Morgan fingerprint density at radius 1 is 1.29 bits per heavy atom. The number of aromatic nitrogens is 6. The molecule has 0 saturated heterocycles. The third-order valence-electron chi connectivity index (χ3n) is 6.14. The molecule has 11 heteroatoms. The summed E-state index contributed by atoms with van der Waals surface area (Å²) in [5, 5.41) is 4.75. The van der Waals surface area contributed by atoms with E-state index in [9.17, 15) is 9.18 Å². The van der Waals surface area contributed by atoms with E-state index in [-0.39, 0.29) is 17.3 Å². The molecule has 5 aromatic rings. The third-order valence-corrected chi connectivity index (χ3v) is 6.73. The topological polar surface area (TPSA) is 105 Å². The Morgan fingerprint density at radius 2 is 2.17 bits per heavy atom. The molecule has 0 saturated carbocycles. The van der Waals surface area contributed by atoms with E-state index < -0.39 is 16.1 Å². The van der Waals surface area contributed by atoms with Gasteiger partial charge in [-0.15, -0.1) is 0 Å². The summed E-state index contributed by atoms with van der Waals surface area (Å²) in [6.45, 7) is 2.38. The summed E-state index contributed by atoms with van der Waals surface area (Å²) in [5.41, 5.74) is 4.67. The number of nitrogens with one attached hydrogen (secondary N) is 1. The second kappa shape index (κ2) is 8.56. The fraction of sp³-hybridized carbons (Fsp3) is 0.208. The Hall–Kier alpha value is -3.61. The molecule has 1 N–H and O–H groups in total. The van der Waals surface area contributed by atoms with Gasteiger partial charge in [-0.25, -0.2) is 18.9 Å². The van der Waals surface area contributed by atoms with Gasteiger partial charge in [0.25, 0.3) is 5.91 Å². The van der Waals surface area contributed by atoms with Crippen molar-refractivity contribution in [3.63, 3.8) is 0 Å². The number of alkyl halides is 2. The van der Waals surface area contributed by atoms with Gasteiger partial charge in [-0.05, 0) is 59.3 Å². The number of halogens is 2. The molecule has 5 aromatic heterocycles. The number of pyridine rings is 2. The minimum atomic E-state index is -1.53. The van der Waals surface area contributed by atoms with Crippen molar-refractivity contribution in [3.05, 3.63) is 89.2 Å². The molecule has 6 heterocycles. The zero-order valence-electron chi connectivity index (χ0n) is 18.5. The fourth-order valence-electron chi connectivity index (χ4n) is 4.47. The summed E-state index contributed by atoms with van der Waals surface area (Å²) >= 11 is 1.59. The average molecular weight is 583 g/mol. The SMILES string of the molecule is Cc1cccn2nc([C@@H]3c4nc[nH]c4CCN3C(=O)c3oc(-c4ccccn4)nc3C(F)I)cc12. The van der Waals surface area contributed by atoms with Crippen molar-refractivity contribution in [1.82, 2.24) is 34.4 Å². The first kappa shape index (κ1) is 21.9. The van der Waals surface area contributed by atoms with Crippen LogP contribution in [0, 0.1) is 6.92 Å². The maximum atomic E-state index is 14.6. The van der Waals surface area contributed by atoms with Gasteiger partial charge in [-0.1, -0.05) is 12.1 Å². The maximum Gasteiger partial charge on any atom is 0.292 e. The summed E-state index contributed by atoms with van der Waals surface area (Å²) < 4.78 is 20.7. The lowest BCUT2D eigenvalue weighted by atomic mass is 9.99. The van der Waals surface area contributed by atoms with Crippen LogP contribution in [0.4, 0.5) is 4.39 Å². The molecule has 9 nitrogen and oxygen atoms in total. The molecule has 1 unspecified atom stereocenters. The van der Waals surface area contributed by atoms with Crippen molar-refractivity contribution < 1.29 is 13.6 Å². The number of fused-ring (bicyclic) bond motifs is 2. The van der Waals surface area contributed by atoms with Crippen molar-refractivity contribution >= 4 is 34.0 Å². The molecule has 0 spiro atoms. The van der Waals surface area contributed by atoms with Crippen LogP contribution in [0.15, 0.2) is 59.5 Å². The Balaban J connectivity index is 1.46. The largest absolute Gasteiger partial charge is 0.429 e. The number of imidazole rings is 1. The molecule has 6 rings (SSSR count). The van der Waals surface area contributed by atoms with Gasteiger partial charge in [-0.3, -0.25) is 9.78 Å². The average Bonchev–Trinajstić information content (AvgIpc) is 3.61. The van der Waals surface area contributed by atoms with Gasteiger partial charge in [0.1, 0.15) is 17.4 Å². The van der Waals surface area contributed by atoms with Crippen LogP contribution in [-0.4, -0.2) is 46.9 Å². The van der Waals surface area contributed by atoms with Crippen LogP contribution in [0.2, 0.25) is 0 Å². The number of aromatic amines is 1. The van der Waals surface area contributed by atoms with E-state index >= 15 is 0 Å². The number of hydrogen-bond donors (Lipinski definition) is 1. The van der Waals surface area contributed by atoms with E-state index in [1.807, 2.05) is 31.3 Å². The summed E-state index contributed by atoms with van der Waals surface area (Å²) in [4.78, 5) is 31.7. The highest BCUT2D eigenvalue weighted by Gasteiger charge is 2.39. The Kier molecular flexibility index (Phi) is 5.35. The second-order valence-corrected chi connectivity index (χ2v) is 9.35. The number of amides is 1. The lowest BCUT2D eigenvalue weighted by Crippen LogP contribution is -2.41. The Labute approximate surface area is 212 Å². The fourth-order valence-corrected chi connectivity index (χ4v) is 4.89. The molecule has 0 bridgehead atoms. The highest BCUT2D eigenvalue weighted by molar-refractivity contribution is 14.1. The first-order chi connectivity index (χ1) is 17.0. The predicted molar refractivity (Wildman–Crippen MR) is 133 cm³/mol. The molecule has 2 atom stereocenters. The summed E-state index contributed by atoms with van der Waals surface area (Å²) in [6.07, 6.45) is 5.64. The van der Waals surface area contributed by atoms with Crippen LogP contribution in [0.3, 0.4) is 0 Å². The van der Waals surface area contributed by atoms with Gasteiger partial charge in [0, 0.05) is 31.1 Å². The van der Waals surface area contributed by atoms with Gasteiger partial charge in [0.05, 0.1) is 23.2 Å². The van der Waals surface area contributed by atoms with Crippen LogP contribution in [0.1, 0.15) is 49.1 Å². The monoisotopic (exact) mass is 583 g/mol. The van der Waals surface area contributed by atoms with Gasteiger partial charge in [0.15, 0.2) is 4.18 Å². The number of carbonyl (C=O) groups excluding carboxylic acids is 1. The van der Waals surface area contributed by atoms with Crippen molar-refractivity contribution in [2.24, 2.45) is 0 Å². The van der Waals surface area contributed by atoms with E-state index in [0.717, 1.165) is 16.8 Å². The number of H-pyrrole nitrogens is 1. The van der Waals surface area contributed by atoms with Crippen LogP contribution in [0.5, 0.6) is 0 Å². The van der Waals surface area contributed by atoms with Gasteiger partial charge < -0.3 is 14.3 Å². The molecular formula is C24H19FIN7O2. The van der Waals surface area contributed by atoms with E-state index in [0.29, 0.717) is 30.0 Å². The molecule has 1 amide bonds. The molecule has 176 valence electrons. The number of hydrogen-bond acceptors (Lipinski definition) is 6. The zero-order valence-corrected chi connectivity index (χ0v) is 20.7. The van der Waals surface area contributed by atoms with E-state index in [2.05, 4.69) is 19.9 Å². The molecule has 0 aromatic carbocycles. The van der Waals surface area contributed by atoms with Crippen molar-refractivity contribution in [2.45, 2.75) is 23.6 Å². The number of aryl methyl sites for hydroxylation is 1. The molecule has 0 radical (unpaired) electrons. The van der Waals surface area contributed by atoms with Crippen molar-refractivity contribution in [1.29, 1.82) is 0 Å². The minimum absolute atomic E-state index is 0.0614. The number of carbonyl (C=O) groups is 1. The first-order valence-electron chi connectivity index (χ1n) is 11.0. The van der Waals surface area contributed by atoms with Crippen LogP contribution < -0.4 is 0 Å². The van der Waals surface area contributed by atoms with E-state index in [4.69, 9.17) is 9.52 Å². The smallest absolute Gasteiger partial charge is 0.292 e. The number of nitrogens with zero attached hydrogens (tertiary/aromatic N) is 6. The highest BCUT2D eigenvalue weighted by atomic mass is 127. The van der Waals surface area contributed by atoms with Crippen LogP contribution in [0.25, 0.3) is 17.1 Å². The summed E-state index contributed by atoms with van der Waals surface area (Å²) in [5.74, 6) is -0.515. The first-order valence-corrected chi connectivity index (χ1v) is 12.2. The minimum Gasteiger partial charge on any atom is -0.429 e. The summed E-state index contributed by atoms with van der Waals surface area (Å²) in [7, 11) is 0. The van der Waals surface area contributed by atoms with E-state index in [1.54, 1.807) is 62.7 Å².